The van der Waals surface area contributed by atoms with Gasteiger partial charge < -0.3 is 23.9 Å². The second kappa shape index (κ2) is 8.14. The summed E-state index contributed by atoms with van der Waals surface area (Å²) in [7, 11) is 1.65. The highest BCUT2D eigenvalue weighted by atomic mass is 16.5. The van der Waals surface area contributed by atoms with Crippen molar-refractivity contribution < 1.29 is 13.9 Å². The molecule has 1 aliphatic rings. The van der Waals surface area contributed by atoms with E-state index in [4.69, 9.17) is 14.1 Å². The Morgan fingerprint density at radius 3 is 2.87 bits per heavy atom. The number of rotatable bonds is 5. The molecule has 1 aliphatic heterocycles. The summed E-state index contributed by atoms with van der Waals surface area (Å²) in [6, 6.07) is 15.4. The zero-order valence-corrected chi connectivity index (χ0v) is 17.2. The highest BCUT2D eigenvalue weighted by molar-refractivity contribution is 5.78. The van der Waals surface area contributed by atoms with Crippen LogP contribution < -0.4 is 10.1 Å². The summed E-state index contributed by atoms with van der Waals surface area (Å²) < 4.78 is 12.7. The third kappa shape index (κ3) is 3.72. The third-order valence-electron chi connectivity index (χ3n) is 5.61. The van der Waals surface area contributed by atoms with Crippen LogP contribution in [0.25, 0.3) is 22.6 Å². The van der Waals surface area contributed by atoms with Crippen LogP contribution in [0.15, 0.2) is 65.4 Å². The van der Waals surface area contributed by atoms with E-state index in [1.807, 2.05) is 53.4 Å². The van der Waals surface area contributed by atoms with Crippen LogP contribution in [0.2, 0.25) is 0 Å². The number of methoxy groups -OCH3 is 1. The van der Waals surface area contributed by atoms with Gasteiger partial charge in [-0.1, -0.05) is 0 Å². The number of ether oxygens (including phenoxy) is 1. The maximum atomic E-state index is 12.7. The van der Waals surface area contributed by atoms with Crippen LogP contribution in [-0.2, 0) is 6.54 Å². The fourth-order valence-electron chi connectivity index (χ4n) is 4.04. The number of aromatic nitrogens is 3. The first-order chi connectivity index (χ1) is 15.2. The lowest BCUT2D eigenvalue weighted by Gasteiger charge is -2.19. The molecule has 1 saturated heterocycles. The lowest BCUT2D eigenvalue weighted by Crippen LogP contribution is -2.38. The number of nitrogens with zero attached hydrogens (tertiary/aromatic N) is 4. The largest absolute Gasteiger partial charge is 0.497 e. The molecule has 0 radical (unpaired) electrons. The monoisotopic (exact) mass is 417 g/mol. The number of likely N-dealkylation sites (tertiary alicyclic amines) is 1. The Bertz CT molecular complexity index is 1180. The van der Waals surface area contributed by atoms with Gasteiger partial charge in [-0.15, -0.1) is 0 Å². The second-order valence-electron chi connectivity index (χ2n) is 7.51. The van der Waals surface area contributed by atoms with Crippen LogP contribution in [0.4, 0.5) is 4.79 Å². The average molecular weight is 417 g/mol. The average Bonchev–Trinajstić information content (AvgIpc) is 3.56. The van der Waals surface area contributed by atoms with E-state index in [2.05, 4.69) is 14.9 Å². The van der Waals surface area contributed by atoms with E-state index in [0.29, 0.717) is 19.6 Å². The number of benzene rings is 1. The predicted octanol–water partition coefficient (Wildman–Crippen LogP) is 3.86. The van der Waals surface area contributed by atoms with Gasteiger partial charge in [0, 0.05) is 24.8 Å². The topological polar surface area (TPSA) is 85.4 Å². The van der Waals surface area contributed by atoms with Crippen LogP contribution in [0.1, 0.15) is 18.2 Å². The minimum atomic E-state index is -0.0951. The van der Waals surface area contributed by atoms with E-state index < -0.39 is 0 Å². The van der Waals surface area contributed by atoms with Crippen molar-refractivity contribution in [3.63, 3.8) is 0 Å². The molecule has 0 spiro atoms. The minimum absolute atomic E-state index is 0.0892. The van der Waals surface area contributed by atoms with Gasteiger partial charge in [0.2, 0.25) is 0 Å². The number of hydrogen-bond donors (Lipinski definition) is 1. The van der Waals surface area contributed by atoms with Crippen LogP contribution >= 0.6 is 0 Å². The van der Waals surface area contributed by atoms with Crippen molar-refractivity contribution >= 4 is 17.2 Å². The molecular formula is C23H23N5O3. The van der Waals surface area contributed by atoms with Crippen LogP contribution in [0.3, 0.4) is 0 Å². The van der Waals surface area contributed by atoms with Gasteiger partial charge in [-0.3, -0.25) is 0 Å². The molecular weight excluding hydrogens is 394 g/mol. The summed E-state index contributed by atoms with van der Waals surface area (Å²) in [5, 5.41) is 2.93. The molecule has 8 nitrogen and oxygen atoms in total. The Balaban J connectivity index is 1.41. The molecule has 4 heterocycles. The van der Waals surface area contributed by atoms with E-state index in [1.54, 1.807) is 19.6 Å². The number of furan rings is 1. The first kappa shape index (κ1) is 19.2. The number of imidazole rings is 1. The molecule has 1 fully saturated rings. The molecule has 1 atom stereocenters. The van der Waals surface area contributed by atoms with Gasteiger partial charge in [0.25, 0.3) is 0 Å². The van der Waals surface area contributed by atoms with Crippen molar-refractivity contribution in [2.45, 2.75) is 19.0 Å². The molecule has 5 rings (SSSR count). The van der Waals surface area contributed by atoms with Crippen LogP contribution in [0.5, 0.6) is 5.75 Å². The number of carbonyl (C=O) groups excluding carboxylic acids is 1. The summed E-state index contributed by atoms with van der Waals surface area (Å²) in [4.78, 5) is 23.9. The number of carbonyl (C=O) groups is 1. The van der Waals surface area contributed by atoms with Crippen molar-refractivity contribution in [1.82, 2.24) is 24.8 Å². The molecule has 0 bridgehead atoms. The van der Waals surface area contributed by atoms with Gasteiger partial charge in [0.05, 0.1) is 26.0 Å². The molecule has 158 valence electrons. The highest BCUT2D eigenvalue weighted by Gasteiger charge is 2.30. The van der Waals surface area contributed by atoms with E-state index in [1.165, 1.54) is 0 Å². The van der Waals surface area contributed by atoms with Gasteiger partial charge in [-0.2, -0.15) is 0 Å². The quantitative estimate of drug-likeness (QED) is 0.533. The molecule has 31 heavy (non-hydrogen) atoms. The van der Waals surface area contributed by atoms with Crippen molar-refractivity contribution in [2.24, 2.45) is 0 Å². The summed E-state index contributed by atoms with van der Waals surface area (Å²) in [6.45, 7) is 1.64. The predicted molar refractivity (Wildman–Crippen MR) is 116 cm³/mol. The van der Waals surface area contributed by atoms with Crippen molar-refractivity contribution in [3.8, 4) is 17.1 Å². The zero-order valence-electron chi connectivity index (χ0n) is 17.2. The lowest BCUT2D eigenvalue weighted by atomic mass is 10.2. The first-order valence-electron chi connectivity index (χ1n) is 10.3. The molecule has 1 aromatic carbocycles. The number of hydrogen-bond acceptors (Lipinski definition) is 5. The number of amides is 2. The molecule has 0 aliphatic carbocycles. The summed E-state index contributed by atoms with van der Waals surface area (Å²) in [5.41, 5.74) is 2.66. The van der Waals surface area contributed by atoms with Crippen molar-refractivity contribution in [3.05, 3.63) is 66.8 Å². The lowest BCUT2D eigenvalue weighted by molar-refractivity contribution is 0.206. The fraction of sp³-hybridized carbons (Fsp3) is 0.261. The minimum Gasteiger partial charge on any atom is -0.497 e. The van der Waals surface area contributed by atoms with Crippen molar-refractivity contribution in [2.75, 3.05) is 20.2 Å². The molecule has 8 heteroatoms. The van der Waals surface area contributed by atoms with E-state index in [9.17, 15) is 4.79 Å². The van der Waals surface area contributed by atoms with E-state index in [0.717, 1.165) is 40.5 Å². The van der Waals surface area contributed by atoms with Gasteiger partial charge >= 0.3 is 6.03 Å². The molecule has 4 aromatic rings. The number of nitrogens with one attached hydrogen (secondary N) is 1. The van der Waals surface area contributed by atoms with Crippen LogP contribution in [0, 0.1) is 0 Å². The first-order valence-corrected chi connectivity index (χ1v) is 10.3. The Morgan fingerprint density at radius 2 is 2.10 bits per heavy atom. The van der Waals surface area contributed by atoms with Crippen LogP contribution in [-0.4, -0.2) is 45.7 Å². The van der Waals surface area contributed by atoms with Gasteiger partial charge in [-0.05, 0) is 55.0 Å². The summed E-state index contributed by atoms with van der Waals surface area (Å²) >= 11 is 0. The molecule has 1 unspecified atom stereocenters. The van der Waals surface area contributed by atoms with Gasteiger partial charge in [0.1, 0.15) is 22.9 Å². The molecule has 2 amide bonds. The number of fused-ring (bicyclic) bond motifs is 1. The van der Waals surface area contributed by atoms with E-state index in [-0.39, 0.29) is 12.1 Å². The molecule has 0 saturated carbocycles. The SMILES string of the molecule is COc1ccc(-c2nc3cccnc3n2C2CCN(C(=O)NCc3ccco3)C2)cc1. The Labute approximate surface area is 179 Å². The Kier molecular flexibility index (Phi) is 5.03. The van der Waals surface area contributed by atoms with E-state index >= 15 is 0 Å². The third-order valence-corrected chi connectivity index (χ3v) is 5.61. The molecule has 3 aromatic heterocycles. The summed E-state index contributed by atoms with van der Waals surface area (Å²) in [6.07, 6.45) is 4.21. The smallest absolute Gasteiger partial charge is 0.317 e. The van der Waals surface area contributed by atoms with Crippen molar-refractivity contribution in [1.29, 1.82) is 0 Å². The number of urea groups is 1. The standard InChI is InChI=1S/C23H23N5O3/c1-30-18-8-6-16(7-9-18)21-26-20-5-2-11-24-22(20)28(21)17-10-12-27(15-17)23(29)25-14-19-4-3-13-31-19/h2-9,11,13,17H,10,12,14-15H2,1H3,(H,25,29). The maximum Gasteiger partial charge on any atom is 0.317 e. The zero-order chi connectivity index (χ0) is 21.2. The second-order valence-corrected chi connectivity index (χ2v) is 7.51. The highest BCUT2D eigenvalue weighted by Crippen LogP contribution is 2.32. The van der Waals surface area contributed by atoms with Gasteiger partial charge in [-0.25, -0.2) is 14.8 Å². The molecule has 1 N–H and O–H groups in total. The van der Waals surface area contributed by atoms with Gasteiger partial charge in [0.15, 0.2) is 5.65 Å². The summed E-state index contributed by atoms with van der Waals surface area (Å²) in [5.74, 6) is 2.37. The normalized spacial score (nSPS) is 16.0. The maximum absolute atomic E-state index is 12.7. The Hall–Kier alpha value is -3.81. The fourth-order valence-corrected chi connectivity index (χ4v) is 4.04. The number of pyridine rings is 1. The Morgan fingerprint density at radius 1 is 1.23 bits per heavy atom.